The van der Waals surface area contributed by atoms with Gasteiger partial charge in [-0.1, -0.05) is 0 Å². The molecule has 0 radical (unpaired) electrons. The van der Waals surface area contributed by atoms with E-state index in [0.29, 0.717) is 12.2 Å². The maximum Gasteiger partial charge on any atom is 0.338 e. The zero-order valence-corrected chi connectivity index (χ0v) is 10.8. The molecule has 0 saturated heterocycles. The van der Waals surface area contributed by atoms with Gasteiger partial charge in [0.15, 0.2) is 0 Å². The van der Waals surface area contributed by atoms with Crippen LogP contribution in [-0.2, 0) is 4.74 Å². The summed E-state index contributed by atoms with van der Waals surface area (Å²) in [5.41, 5.74) is 0.578. The lowest BCUT2D eigenvalue weighted by molar-refractivity contribution is 0.0526. The van der Waals surface area contributed by atoms with E-state index in [4.69, 9.17) is 4.74 Å². The summed E-state index contributed by atoms with van der Waals surface area (Å²) in [4.78, 5) is 11.3. The summed E-state index contributed by atoms with van der Waals surface area (Å²) in [7, 11) is 0. The Balaban J connectivity index is 2.90. The third-order valence-corrected chi connectivity index (χ3v) is 3.77. The first-order valence-electron chi connectivity index (χ1n) is 3.77. The average Bonchev–Trinajstić information content (AvgIpc) is 2.10. The molecule has 0 heterocycles. The van der Waals surface area contributed by atoms with Crippen LogP contribution in [0.3, 0.4) is 0 Å². The van der Waals surface area contributed by atoms with E-state index in [1.54, 1.807) is 19.1 Å². The Kier molecular flexibility index (Phi) is 4.18. The van der Waals surface area contributed by atoms with Gasteiger partial charge in [-0.2, -0.15) is 0 Å². The van der Waals surface area contributed by atoms with E-state index >= 15 is 0 Å². The van der Waals surface area contributed by atoms with Crippen molar-refractivity contribution in [2.24, 2.45) is 0 Å². The fourth-order valence-electron chi connectivity index (χ4n) is 0.838. The molecular weight excluding hydrogens is 347 g/mol. The molecule has 0 bridgehead atoms. The second kappa shape index (κ2) is 4.95. The molecule has 2 nitrogen and oxygen atoms in total. The highest BCUT2D eigenvalue weighted by molar-refractivity contribution is 14.1. The summed E-state index contributed by atoms with van der Waals surface area (Å²) >= 11 is 5.54. The van der Waals surface area contributed by atoms with Gasteiger partial charge < -0.3 is 4.74 Å². The molecule has 0 aliphatic rings. The predicted molar refractivity (Wildman–Crippen MR) is 62.8 cm³/mol. The zero-order valence-electron chi connectivity index (χ0n) is 7.01. The van der Waals surface area contributed by atoms with E-state index in [0.717, 1.165) is 8.04 Å². The van der Waals surface area contributed by atoms with Crippen LogP contribution in [0.4, 0.5) is 0 Å². The minimum absolute atomic E-state index is 0.278. The first kappa shape index (κ1) is 11.0. The van der Waals surface area contributed by atoms with E-state index in [2.05, 4.69) is 38.5 Å². The number of carbonyl (C=O) groups is 1. The Morgan fingerprint density at radius 2 is 2.31 bits per heavy atom. The number of rotatable bonds is 2. The van der Waals surface area contributed by atoms with Crippen LogP contribution >= 0.6 is 38.5 Å². The number of carbonyl (C=O) groups excluding carboxylic acids is 1. The lowest BCUT2D eigenvalue weighted by atomic mass is 10.2. The summed E-state index contributed by atoms with van der Waals surface area (Å²) in [5, 5.41) is 0. The summed E-state index contributed by atoms with van der Waals surface area (Å²) in [6, 6.07) is 5.39. The Labute approximate surface area is 98.9 Å². The maximum atomic E-state index is 11.3. The monoisotopic (exact) mass is 354 g/mol. The molecule has 13 heavy (non-hydrogen) atoms. The van der Waals surface area contributed by atoms with Crippen molar-refractivity contribution in [1.82, 2.24) is 0 Å². The molecule has 0 spiro atoms. The molecule has 1 rings (SSSR count). The van der Waals surface area contributed by atoms with E-state index in [-0.39, 0.29) is 5.97 Å². The minimum Gasteiger partial charge on any atom is -0.462 e. The van der Waals surface area contributed by atoms with Crippen LogP contribution in [0.25, 0.3) is 0 Å². The molecule has 0 aromatic heterocycles. The molecule has 1 aromatic carbocycles. The van der Waals surface area contributed by atoms with Crippen LogP contribution in [0.5, 0.6) is 0 Å². The van der Waals surface area contributed by atoms with Crippen molar-refractivity contribution >= 4 is 44.5 Å². The Bertz CT molecular complexity index is 325. The van der Waals surface area contributed by atoms with Crippen molar-refractivity contribution in [3.63, 3.8) is 0 Å². The highest BCUT2D eigenvalue weighted by Gasteiger charge is 2.07. The van der Waals surface area contributed by atoms with Crippen molar-refractivity contribution in [2.45, 2.75) is 6.92 Å². The summed E-state index contributed by atoms with van der Waals surface area (Å²) in [6.07, 6.45) is 0. The summed E-state index contributed by atoms with van der Waals surface area (Å²) < 4.78 is 6.85. The lowest BCUT2D eigenvalue weighted by Crippen LogP contribution is -2.04. The highest BCUT2D eigenvalue weighted by Crippen LogP contribution is 2.20. The second-order valence-electron chi connectivity index (χ2n) is 2.35. The zero-order chi connectivity index (χ0) is 9.84. The molecule has 4 heteroatoms. The van der Waals surface area contributed by atoms with Gasteiger partial charge in [-0.15, -0.1) is 0 Å². The maximum absolute atomic E-state index is 11.3. The van der Waals surface area contributed by atoms with E-state index in [1.807, 2.05) is 6.07 Å². The van der Waals surface area contributed by atoms with Gasteiger partial charge in [-0.05, 0) is 63.6 Å². The van der Waals surface area contributed by atoms with Crippen molar-refractivity contribution in [1.29, 1.82) is 0 Å². The van der Waals surface area contributed by atoms with Crippen molar-refractivity contribution in [3.05, 3.63) is 31.8 Å². The normalized spacial score (nSPS) is 9.77. The van der Waals surface area contributed by atoms with Crippen LogP contribution < -0.4 is 0 Å². The number of benzene rings is 1. The van der Waals surface area contributed by atoms with E-state index in [9.17, 15) is 4.79 Å². The van der Waals surface area contributed by atoms with Gasteiger partial charge in [0.05, 0.1) is 12.2 Å². The van der Waals surface area contributed by atoms with Crippen molar-refractivity contribution < 1.29 is 9.53 Å². The molecule has 0 amide bonds. The van der Waals surface area contributed by atoms with Crippen LogP contribution in [-0.4, -0.2) is 12.6 Å². The smallest absolute Gasteiger partial charge is 0.338 e. The number of hydrogen-bond acceptors (Lipinski definition) is 2. The van der Waals surface area contributed by atoms with Crippen molar-refractivity contribution in [2.75, 3.05) is 6.61 Å². The Morgan fingerprint density at radius 1 is 1.62 bits per heavy atom. The molecule has 0 unspecified atom stereocenters. The molecule has 70 valence electrons. The minimum atomic E-state index is -0.278. The number of hydrogen-bond donors (Lipinski definition) is 0. The molecule has 0 atom stereocenters. The molecule has 0 aliphatic carbocycles. The fourth-order valence-corrected chi connectivity index (χ4v) is 1.55. The summed E-state index contributed by atoms with van der Waals surface area (Å²) in [6.45, 7) is 2.20. The van der Waals surface area contributed by atoms with Gasteiger partial charge in [-0.25, -0.2) is 4.79 Å². The first-order chi connectivity index (χ1) is 6.15. The first-order valence-corrected chi connectivity index (χ1v) is 5.64. The fraction of sp³-hybridized carbons (Fsp3) is 0.222. The van der Waals surface area contributed by atoms with Gasteiger partial charge in [-0.3, -0.25) is 0 Å². The van der Waals surface area contributed by atoms with Crippen molar-refractivity contribution in [3.8, 4) is 0 Å². The quantitative estimate of drug-likeness (QED) is 0.602. The van der Waals surface area contributed by atoms with E-state index < -0.39 is 0 Å². The van der Waals surface area contributed by atoms with Gasteiger partial charge in [0.2, 0.25) is 0 Å². The van der Waals surface area contributed by atoms with Crippen LogP contribution in [0.15, 0.2) is 22.7 Å². The molecule has 0 aliphatic heterocycles. The van der Waals surface area contributed by atoms with Gasteiger partial charge in [0.1, 0.15) is 0 Å². The molecule has 0 saturated carbocycles. The second-order valence-corrected chi connectivity index (χ2v) is 4.37. The molecule has 0 N–H and O–H groups in total. The summed E-state index contributed by atoms with van der Waals surface area (Å²) in [5.74, 6) is -0.278. The molecular formula is C9H8BrIO2. The van der Waals surface area contributed by atoms with Gasteiger partial charge in [0.25, 0.3) is 0 Å². The van der Waals surface area contributed by atoms with Gasteiger partial charge in [0, 0.05) is 8.04 Å². The number of ether oxygens (including phenoxy) is 1. The van der Waals surface area contributed by atoms with Crippen LogP contribution in [0.1, 0.15) is 17.3 Å². The average molecular weight is 355 g/mol. The topological polar surface area (TPSA) is 26.3 Å². The largest absolute Gasteiger partial charge is 0.462 e. The van der Waals surface area contributed by atoms with E-state index in [1.165, 1.54) is 0 Å². The molecule has 0 fully saturated rings. The Morgan fingerprint density at radius 3 is 2.85 bits per heavy atom. The molecule has 1 aromatic rings. The predicted octanol–water partition coefficient (Wildman–Crippen LogP) is 3.23. The van der Waals surface area contributed by atoms with Gasteiger partial charge >= 0.3 is 5.97 Å². The number of esters is 1. The number of halogens is 2. The standard InChI is InChI=1S/C9H8BrIO2/c1-2-13-9(12)6-3-4-8(11)7(10)5-6/h3-5H,2H2,1H3. The lowest BCUT2D eigenvalue weighted by Gasteiger charge is -2.02. The third kappa shape index (κ3) is 2.95. The third-order valence-electron chi connectivity index (χ3n) is 1.43. The highest BCUT2D eigenvalue weighted by atomic mass is 127. The van der Waals surface area contributed by atoms with Crippen LogP contribution in [0.2, 0.25) is 0 Å². The Hall–Kier alpha value is -0.100. The van der Waals surface area contributed by atoms with Crippen LogP contribution in [0, 0.1) is 3.57 Å². The SMILES string of the molecule is CCOC(=O)c1ccc(I)c(Br)c1.